The molecular weight excluding hydrogens is 469 g/mol. The van der Waals surface area contributed by atoms with Gasteiger partial charge in [0.05, 0.1) is 29.6 Å². The summed E-state index contributed by atoms with van der Waals surface area (Å²) in [5.74, 6) is -2.03. The average molecular weight is 486 g/mol. The quantitative estimate of drug-likeness (QED) is 0.178. The largest absolute Gasteiger partial charge is 0.493 e. The molecule has 10 heteroatoms. The Morgan fingerprint density at radius 2 is 1.67 bits per heavy atom. The predicted molar refractivity (Wildman–Crippen MR) is 125 cm³/mol. The van der Waals surface area contributed by atoms with E-state index in [-0.39, 0.29) is 22.2 Å². The molecule has 0 spiro atoms. The lowest BCUT2D eigenvalue weighted by atomic mass is 10.2. The van der Waals surface area contributed by atoms with Crippen molar-refractivity contribution >= 4 is 52.9 Å². The fraction of sp³-hybridized carbons (Fsp3) is 0.0435. The molecule has 0 saturated carbocycles. The maximum absolute atomic E-state index is 12.2. The van der Waals surface area contributed by atoms with E-state index in [4.69, 9.17) is 32.7 Å². The van der Waals surface area contributed by atoms with Gasteiger partial charge in [0.15, 0.2) is 11.5 Å². The number of amides is 2. The van der Waals surface area contributed by atoms with Crippen LogP contribution in [-0.4, -0.2) is 31.1 Å². The molecule has 33 heavy (non-hydrogen) atoms. The number of nitrogens with one attached hydrogen (secondary N) is 2. The Kier molecular flexibility index (Phi) is 8.01. The van der Waals surface area contributed by atoms with Crippen LogP contribution >= 0.6 is 23.2 Å². The molecular formula is C23H17Cl2N3O5. The van der Waals surface area contributed by atoms with Crippen LogP contribution in [0, 0.1) is 0 Å². The second-order valence-corrected chi connectivity index (χ2v) is 7.29. The fourth-order valence-corrected chi connectivity index (χ4v) is 2.91. The molecule has 0 atom stereocenters. The minimum atomic E-state index is -1.01. The molecule has 0 bridgehead atoms. The Morgan fingerprint density at radius 3 is 2.39 bits per heavy atom. The molecule has 0 heterocycles. The number of rotatable bonds is 6. The molecule has 8 nitrogen and oxygen atoms in total. The molecule has 0 aliphatic rings. The molecule has 0 fully saturated rings. The first-order chi connectivity index (χ1) is 15.9. The maximum atomic E-state index is 12.2. The Bertz CT molecular complexity index is 1220. The van der Waals surface area contributed by atoms with Gasteiger partial charge < -0.3 is 14.8 Å². The van der Waals surface area contributed by atoms with E-state index in [0.29, 0.717) is 16.1 Å². The first kappa shape index (κ1) is 23.8. The van der Waals surface area contributed by atoms with Crippen LogP contribution in [0.25, 0.3) is 0 Å². The number of ether oxygens (including phenoxy) is 2. The number of methoxy groups -OCH3 is 1. The number of carbonyl (C=O) groups excluding carboxylic acids is 3. The lowest BCUT2D eigenvalue weighted by Crippen LogP contribution is -2.32. The SMILES string of the molecule is COc1cc(/C=N/NC(=O)C(=O)Nc2cc(Cl)ccc2Cl)ccc1OC(=O)c1ccccc1. The second kappa shape index (κ2) is 11.1. The molecule has 2 amide bonds. The van der Waals surface area contributed by atoms with E-state index < -0.39 is 17.8 Å². The molecule has 0 radical (unpaired) electrons. The molecule has 2 N–H and O–H groups in total. The van der Waals surface area contributed by atoms with E-state index in [0.717, 1.165) is 0 Å². The third kappa shape index (κ3) is 6.55. The van der Waals surface area contributed by atoms with Crippen LogP contribution in [0.5, 0.6) is 11.5 Å². The van der Waals surface area contributed by atoms with Gasteiger partial charge in [-0.1, -0.05) is 41.4 Å². The van der Waals surface area contributed by atoms with Gasteiger partial charge in [0, 0.05) is 5.02 Å². The summed E-state index contributed by atoms with van der Waals surface area (Å²) < 4.78 is 10.6. The van der Waals surface area contributed by atoms with E-state index in [1.165, 1.54) is 31.5 Å². The lowest BCUT2D eigenvalue weighted by molar-refractivity contribution is -0.136. The molecule has 0 saturated heterocycles. The first-order valence-electron chi connectivity index (χ1n) is 9.42. The van der Waals surface area contributed by atoms with Gasteiger partial charge in [-0.05, 0) is 54.1 Å². The van der Waals surface area contributed by atoms with Gasteiger partial charge in [-0.15, -0.1) is 0 Å². The van der Waals surface area contributed by atoms with Crippen molar-refractivity contribution in [3.63, 3.8) is 0 Å². The van der Waals surface area contributed by atoms with Crippen LogP contribution in [0.4, 0.5) is 5.69 Å². The lowest BCUT2D eigenvalue weighted by Gasteiger charge is -2.10. The van der Waals surface area contributed by atoms with Crippen LogP contribution < -0.4 is 20.2 Å². The molecule has 0 aliphatic heterocycles. The van der Waals surface area contributed by atoms with Gasteiger partial charge in [0.1, 0.15) is 0 Å². The molecule has 3 aromatic carbocycles. The second-order valence-electron chi connectivity index (χ2n) is 6.44. The summed E-state index contributed by atoms with van der Waals surface area (Å²) in [6.07, 6.45) is 1.29. The monoisotopic (exact) mass is 485 g/mol. The van der Waals surface area contributed by atoms with Gasteiger partial charge in [0.2, 0.25) is 0 Å². The number of hydrogen-bond donors (Lipinski definition) is 2. The number of hydrazone groups is 1. The van der Waals surface area contributed by atoms with E-state index in [1.54, 1.807) is 48.5 Å². The third-order valence-electron chi connectivity index (χ3n) is 4.16. The number of hydrogen-bond acceptors (Lipinski definition) is 6. The third-order valence-corrected chi connectivity index (χ3v) is 4.73. The first-order valence-corrected chi connectivity index (χ1v) is 10.2. The van der Waals surface area contributed by atoms with E-state index >= 15 is 0 Å². The zero-order chi connectivity index (χ0) is 23.8. The van der Waals surface area contributed by atoms with Crippen molar-refractivity contribution in [2.24, 2.45) is 5.10 Å². The standard InChI is InChI=1S/C23H17Cl2N3O5/c1-32-20-11-14(7-10-19(20)33-23(31)15-5-3-2-4-6-15)13-26-28-22(30)21(29)27-18-12-16(24)8-9-17(18)25/h2-13H,1H3,(H,27,29)(H,28,30)/b26-13+. The van der Waals surface area contributed by atoms with Crippen molar-refractivity contribution in [3.8, 4) is 11.5 Å². The Hall–Kier alpha value is -3.88. The number of esters is 1. The van der Waals surface area contributed by atoms with Crippen molar-refractivity contribution in [2.75, 3.05) is 12.4 Å². The van der Waals surface area contributed by atoms with Gasteiger partial charge in [0.25, 0.3) is 0 Å². The minimum absolute atomic E-state index is 0.193. The van der Waals surface area contributed by atoms with E-state index in [9.17, 15) is 14.4 Å². The van der Waals surface area contributed by atoms with Crippen LogP contribution in [0.15, 0.2) is 71.8 Å². The Balaban J connectivity index is 1.61. The molecule has 168 valence electrons. The summed E-state index contributed by atoms with van der Waals surface area (Å²) >= 11 is 11.8. The van der Waals surface area contributed by atoms with Crippen LogP contribution in [0.3, 0.4) is 0 Å². The average Bonchev–Trinajstić information content (AvgIpc) is 2.82. The number of carbonyl (C=O) groups is 3. The highest BCUT2D eigenvalue weighted by atomic mass is 35.5. The summed E-state index contributed by atoms with van der Waals surface area (Å²) in [6, 6.07) is 17.6. The summed E-state index contributed by atoms with van der Waals surface area (Å²) in [4.78, 5) is 36.2. The van der Waals surface area contributed by atoms with Crippen LogP contribution in [0.1, 0.15) is 15.9 Å². The van der Waals surface area contributed by atoms with Crippen molar-refractivity contribution in [2.45, 2.75) is 0 Å². The van der Waals surface area contributed by atoms with E-state index in [2.05, 4.69) is 15.8 Å². The topological polar surface area (TPSA) is 106 Å². The fourth-order valence-electron chi connectivity index (χ4n) is 2.57. The van der Waals surface area contributed by atoms with Gasteiger partial charge >= 0.3 is 17.8 Å². The number of anilines is 1. The minimum Gasteiger partial charge on any atom is -0.493 e. The number of benzene rings is 3. The van der Waals surface area contributed by atoms with Crippen molar-refractivity contribution < 1.29 is 23.9 Å². The summed E-state index contributed by atoms with van der Waals surface area (Å²) in [5.41, 5.74) is 3.21. The zero-order valence-electron chi connectivity index (χ0n) is 17.2. The predicted octanol–water partition coefficient (Wildman–Crippen LogP) is 4.31. The Labute approximate surface area is 199 Å². The molecule has 3 rings (SSSR count). The summed E-state index contributed by atoms with van der Waals surface area (Å²) in [6.45, 7) is 0. The van der Waals surface area contributed by atoms with Crippen LogP contribution in [-0.2, 0) is 9.59 Å². The van der Waals surface area contributed by atoms with Crippen molar-refractivity contribution in [3.05, 3.63) is 87.9 Å². The highest BCUT2D eigenvalue weighted by Gasteiger charge is 2.15. The Morgan fingerprint density at radius 1 is 0.909 bits per heavy atom. The van der Waals surface area contributed by atoms with Gasteiger partial charge in [-0.3, -0.25) is 9.59 Å². The normalized spacial score (nSPS) is 10.5. The summed E-state index contributed by atoms with van der Waals surface area (Å²) in [7, 11) is 1.42. The van der Waals surface area contributed by atoms with E-state index in [1.807, 2.05) is 0 Å². The number of nitrogens with zero attached hydrogens (tertiary/aromatic N) is 1. The maximum Gasteiger partial charge on any atom is 0.343 e. The number of halogens is 2. The van der Waals surface area contributed by atoms with Gasteiger partial charge in [-0.2, -0.15) is 5.10 Å². The molecule has 0 aliphatic carbocycles. The zero-order valence-corrected chi connectivity index (χ0v) is 18.7. The van der Waals surface area contributed by atoms with Gasteiger partial charge in [-0.25, -0.2) is 10.2 Å². The molecule has 0 aromatic heterocycles. The highest BCUT2D eigenvalue weighted by Crippen LogP contribution is 2.28. The summed E-state index contributed by atoms with van der Waals surface area (Å²) in [5, 5.41) is 6.67. The van der Waals surface area contributed by atoms with Crippen molar-refractivity contribution in [1.29, 1.82) is 0 Å². The molecule has 3 aromatic rings. The molecule has 0 unspecified atom stereocenters. The van der Waals surface area contributed by atoms with Crippen LogP contribution in [0.2, 0.25) is 10.0 Å². The highest BCUT2D eigenvalue weighted by molar-refractivity contribution is 6.42. The van der Waals surface area contributed by atoms with Crippen molar-refractivity contribution in [1.82, 2.24) is 5.43 Å². The smallest absolute Gasteiger partial charge is 0.343 e.